The van der Waals surface area contributed by atoms with Crippen LogP contribution in [-0.4, -0.2) is 25.6 Å². The molecule has 0 saturated carbocycles. The quantitative estimate of drug-likeness (QED) is 0.565. The third-order valence-corrected chi connectivity index (χ3v) is 2.51. The number of alkyl halides is 1. The second-order valence-corrected chi connectivity index (χ2v) is 4.91. The molecule has 0 unspecified atom stereocenters. The summed E-state index contributed by atoms with van der Waals surface area (Å²) in [6, 6.07) is 8.59. The number of benzene rings is 1. The number of quaternary nitrogens is 1. The van der Waals surface area contributed by atoms with Crippen molar-refractivity contribution in [1.82, 2.24) is 0 Å². The van der Waals surface area contributed by atoms with Crippen LogP contribution in [0.3, 0.4) is 0 Å². The van der Waals surface area contributed by atoms with Gasteiger partial charge in [-0.05, 0) is 5.56 Å². The maximum atomic E-state index is 3.51. The van der Waals surface area contributed by atoms with E-state index >= 15 is 0 Å². The first-order chi connectivity index (χ1) is 6.03. The summed E-state index contributed by atoms with van der Waals surface area (Å²) < 4.78 is 0.976. The lowest BCUT2D eigenvalue weighted by Crippen LogP contribution is -2.33. The van der Waals surface area contributed by atoms with E-state index in [2.05, 4.69) is 61.3 Å². The summed E-state index contributed by atoms with van der Waals surface area (Å²) in [4.78, 5) is 0. The van der Waals surface area contributed by atoms with Gasteiger partial charge in [0.2, 0.25) is 0 Å². The predicted molar refractivity (Wildman–Crippen MR) is 60.8 cm³/mol. The summed E-state index contributed by atoms with van der Waals surface area (Å²) in [6.07, 6.45) is 0. The molecule has 0 aromatic heterocycles. The Hall–Kier alpha value is -0.340. The van der Waals surface area contributed by atoms with Crippen LogP contribution in [0.5, 0.6) is 0 Å². The molecule has 72 valence electrons. The van der Waals surface area contributed by atoms with Gasteiger partial charge >= 0.3 is 0 Å². The fourth-order valence-electron chi connectivity index (χ4n) is 1.35. The minimum Gasteiger partial charge on any atom is -0.327 e. The van der Waals surface area contributed by atoms with Crippen molar-refractivity contribution in [3.8, 4) is 0 Å². The first-order valence-corrected chi connectivity index (χ1v) is 5.58. The van der Waals surface area contributed by atoms with Crippen LogP contribution in [0.4, 0.5) is 0 Å². The van der Waals surface area contributed by atoms with Crippen LogP contribution in [0.15, 0.2) is 24.3 Å². The number of nitrogens with zero attached hydrogens (tertiary/aromatic N) is 1. The van der Waals surface area contributed by atoms with Crippen molar-refractivity contribution in [3.63, 3.8) is 0 Å². The Balaban J connectivity index is 2.87. The van der Waals surface area contributed by atoms with Crippen LogP contribution < -0.4 is 0 Å². The number of hydrogen-bond acceptors (Lipinski definition) is 0. The summed E-state index contributed by atoms with van der Waals surface area (Å²) >= 11 is 3.51. The molecule has 13 heavy (non-hydrogen) atoms. The molecule has 0 aliphatic carbocycles. The standard InChI is InChI=1S/C11H17BrN/c1-13(2,3)9-11-7-5-4-6-10(11)8-12/h4-7H,8-9H2,1-3H3/q+1. The maximum absolute atomic E-state index is 3.51. The Bertz CT molecular complexity index is 276. The molecule has 0 aliphatic heterocycles. The van der Waals surface area contributed by atoms with Crippen molar-refractivity contribution in [2.24, 2.45) is 0 Å². The molecule has 0 spiro atoms. The van der Waals surface area contributed by atoms with E-state index in [4.69, 9.17) is 0 Å². The smallest absolute Gasteiger partial charge is 0.104 e. The van der Waals surface area contributed by atoms with Crippen LogP contribution in [0.2, 0.25) is 0 Å². The van der Waals surface area contributed by atoms with Crippen molar-refractivity contribution < 1.29 is 4.48 Å². The molecule has 0 atom stereocenters. The van der Waals surface area contributed by atoms with Crippen LogP contribution in [0.25, 0.3) is 0 Å². The lowest BCUT2D eigenvalue weighted by atomic mass is 10.1. The lowest BCUT2D eigenvalue weighted by Gasteiger charge is -2.24. The molecule has 0 N–H and O–H groups in total. The summed E-state index contributed by atoms with van der Waals surface area (Å²) in [5.74, 6) is 0. The first kappa shape index (κ1) is 10.7. The van der Waals surface area contributed by atoms with Gasteiger partial charge in [-0.15, -0.1) is 0 Å². The Morgan fingerprint density at radius 3 is 2.08 bits per heavy atom. The van der Waals surface area contributed by atoms with E-state index < -0.39 is 0 Å². The highest BCUT2D eigenvalue weighted by molar-refractivity contribution is 9.08. The van der Waals surface area contributed by atoms with Crippen LogP contribution >= 0.6 is 15.9 Å². The third-order valence-electron chi connectivity index (χ3n) is 1.91. The average molecular weight is 243 g/mol. The van der Waals surface area contributed by atoms with Crippen molar-refractivity contribution in [1.29, 1.82) is 0 Å². The van der Waals surface area contributed by atoms with Gasteiger partial charge in [0.05, 0.1) is 21.1 Å². The molecule has 0 fully saturated rings. The van der Waals surface area contributed by atoms with Crippen molar-refractivity contribution in [2.45, 2.75) is 11.9 Å². The fraction of sp³-hybridized carbons (Fsp3) is 0.455. The second kappa shape index (κ2) is 4.25. The highest BCUT2D eigenvalue weighted by Gasteiger charge is 2.10. The van der Waals surface area contributed by atoms with Crippen LogP contribution in [0, 0.1) is 0 Å². The van der Waals surface area contributed by atoms with Gasteiger partial charge in [-0.3, -0.25) is 0 Å². The topological polar surface area (TPSA) is 0 Å². The third kappa shape index (κ3) is 3.49. The molecular weight excluding hydrogens is 226 g/mol. The van der Waals surface area contributed by atoms with Gasteiger partial charge < -0.3 is 4.48 Å². The second-order valence-electron chi connectivity index (χ2n) is 4.35. The molecule has 2 heteroatoms. The van der Waals surface area contributed by atoms with E-state index in [0.29, 0.717) is 0 Å². The molecule has 0 heterocycles. The van der Waals surface area contributed by atoms with Gasteiger partial charge in [0.1, 0.15) is 6.54 Å². The van der Waals surface area contributed by atoms with Crippen LogP contribution in [0.1, 0.15) is 11.1 Å². The molecule has 1 nitrogen and oxygen atoms in total. The van der Waals surface area contributed by atoms with Crippen molar-refractivity contribution in [3.05, 3.63) is 35.4 Å². The SMILES string of the molecule is C[N+](C)(C)Cc1ccccc1CBr. The van der Waals surface area contributed by atoms with Gasteiger partial charge in [-0.2, -0.15) is 0 Å². The number of halogens is 1. The highest BCUT2D eigenvalue weighted by atomic mass is 79.9. The molecule has 0 bridgehead atoms. The Labute approximate surface area is 89.1 Å². The van der Waals surface area contributed by atoms with E-state index in [9.17, 15) is 0 Å². The Morgan fingerprint density at radius 1 is 1.08 bits per heavy atom. The summed E-state index contributed by atoms with van der Waals surface area (Å²) in [5.41, 5.74) is 2.84. The van der Waals surface area contributed by atoms with E-state index in [1.807, 2.05) is 0 Å². The molecule has 0 amide bonds. The van der Waals surface area contributed by atoms with Gasteiger partial charge in [0.25, 0.3) is 0 Å². The average Bonchev–Trinajstić information content (AvgIpc) is 2.02. The summed E-state index contributed by atoms with van der Waals surface area (Å²) in [6.45, 7) is 1.09. The lowest BCUT2D eigenvalue weighted by molar-refractivity contribution is -0.884. The van der Waals surface area contributed by atoms with E-state index in [1.165, 1.54) is 11.1 Å². The van der Waals surface area contributed by atoms with E-state index in [0.717, 1.165) is 16.4 Å². The Kier molecular flexibility index (Phi) is 3.51. The number of rotatable bonds is 3. The van der Waals surface area contributed by atoms with Crippen molar-refractivity contribution >= 4 is 15.9 Å². The molecule has 1 aromatic carbocycles. The molecule has 0 aliphatic rings. The monoisotopic (exact) mass is 242 g/mol. The summed E-state index contributed by atoms with van der Waals surface area (Å²) in [5, 5.41) is 0.948. The normalized spacial score (nSPS) is 11.7. The molecule has 1 rings (SSSR count). The molecule has 0 radical (unpaired) electrons. The van der Waals surface area contributed by atoms with Crippen LogP contribution in [-0.2, 0) is 11.9 Å². The number of hydrogen-bond donors (Lipinski definition) is 0. The van der Waals surface area contributed by atoms with Gasteiger partial charge in [-0.1, -0.05) is 40.2 Å². The maximum Gasteiger partial charge on any atom is 0.104 e. The van der Waals surface area contributed by atoms with Gasteiger partial charge in [-0.25, -0.2) is 0 Å². The zero-order valence-electron chi connectivity index (χ0n) is 8.55. The predicted octanol–water partition coefficient (Wildman–Crippen LogP) is 2.79. The summed E-state index contributed by atoms with van der Waals surface area (Å²) in [7, 11) is 6.64. The largest absolute Gasteiger partial charge is 0.327 e. The van der Waals surface area contributed by atoms with Gasteiger partial charge in [0, 0.05) is 10.9 Å². The highest BCUT2D eigenvalue weighted by Crippen LogP contribution is 2.15. The van der Waals surface area contributed by atoms with E-state index in [-0.39, 0.29) is 0 Å². The van der Waals surface area contributed by atoms with E-state index in [1.54, 1.807) is 0 Å². The zero-order chi connectivity index (χ0) is 9.90. The molecule has 0 saturated heterocycles. The minimum absolute atomic E-state index is 0.948. The first-order valence-electron chi connectivity index (χ1n) is 4.46. The Morgan fingerprint density at radius 2 is 1.62 bits per heavy atom. The molecule has 1 aromatic rings. The molecular formula is C11H17BrN+. The van der Waals surface area contributed by atoms with Crippen molar-refractivity contribution in [2.75, 3.05) is 21.1 Å². The minimum atomic E-state index is 0.948. The zero-order valence-corrected chi connectivity index (χ0v) is 10.1. The van der Waals surface area contributed by atoms with Gasteiger partial charge in [0.15, 0.2) is 0 Å². The fourth-order valence-corrected chi connectivity index (χ4v) is 1.90.